The smallest absolute Gasteiger partial charge is 0.319 e. The summed E-state index contributed by atoms with van der Waals surface area (Å²) in [6.45, 7) is 5.78. The van der Waals surface area contributed by atoms with Gasteiger partial charge in [0.25, 0.3) is 0 Å². The third-order valence-electron chi connectivity index (χ3n) is 3.44. The Morgan fingerprint density at radius 2 is 2.05 bits per heavy atom. The summed E-state index contributed by atoms with van der Waals surface area (Å²) in [6, 6.07) is 8.54. The standard InChI is InChI=1S/C16H22N4O2/c1-16(2,3)14(11-21)19-15(22)18-12-7-4-5-8-13(12)20-10-6-9-17-20/h4-10,14,21H,11H2,1-3H3,(H2,18,19,22)/t14-/m0/s1. The fourth-order valence-corrected chi connectivity index (χ4v) is 2.04. The van der Waals surface area contributed by atoms with Crippen molar-refractivity contribution in [1.29, 1.82) is 0 Å². The SMILES string of the molecule is CC(C)(C)[C@H](CO)NC(=O)Nc1ccccc1-n1cccn1. The van der Waals surface area contributed by atoms with E-state index in [1.807, 2.05) is 57.3 Å². The minimum atomic E-state index is -0.353. The number of hydrogen-bond donors (Lipinski definition) is 3. The van der Waals surface area contributed by atoms with E-state index in [4.69, 9.17) is 0 Å². The first-order valence-electron chi connectivity index (χ1n) is 7.19. The molecule has 0 saturated carbocycles. The van der Waals surface area contributed by atoms with Gasteiger partial charge in [0.2, 0.25) is 0 Å². The summed E-state index contributed by atoms with van der Waals surface area (Å²) in [7, 11) is 0. The predicted molar refractivity (Wildman–Crippen MR) is 86.0 cm³/mol. The Hall–Kier alpha value is -2.34. The van der Waals surface area contributed by atoms with Crippen molar-refractivity contribution in [1.82, 2.24) is 15.1 Å². The van der Waals surface area contributed by atoms with Gasteiger partial charge in [0.1, 0.15) is 0 Å². The Morgan fingerprint density at radius 1 is 1.32 bits per heavy atom. The highest BCUT2D eigenvalue weighted by Gasteiger charge is 2.25. The molecule has 0 spiro atoms. The highest BCUT2D eigenvalue weighted by Crippen LogP contribution is 2.21. The lowest BCUT2D eigenvalue weighted by Gasteiger charge is -2.29. The highest BCUT2D eigenvalue weighted by molar-refractivity contribution is 5.91. The number of nitrogens with zero attached hydrogens (tertiary/aromatic N) is 2. The van der Waals surface area contributed by atoms with E-state index in [1.54, 1.807) is 10.9 Å². The molecule has 1 aromatic carbocycles. The van der Waals surface area contributed by atoms with Crippen LogP contribution < -0.4 is 10.6 Å². The van der Waals surface area contributed by atoms with Gasteiger partial charge < -0.3 is 15.7 Å². The zero-order valence-electron chi connectivity index (χ0n) is 13.1. The number of aliphatic hydroxyl groups excluding tert-OH is 1. The maximum absolute atomic E-state index is 12.2. The summed E-state index contributed by atoms with van der Waals surface area (Å²) in [6.07, 6.45) is 3.49. The average Bonchev–Trinajstić information content (AvgIpc) is 2.98. The Balaban J connectivity index is 2.13. The van der Waals surface area contributed by atoms with E-state index in [-0.39, 0.29) is 24.1 Å². The number of aromatic nitrogens is 2. The van der Waals surface area contributed by atoms with Crippen molar-refractivity contribution in [3.63, 3.8) is 0 Å². The minimum absolute atomic E-state index is 0.113. The number of urea groups is 1. The third-order valence-corrected chi connectivity index (χ3v) is 3.44. The van der Waals surface area contributed by atoms with Crippen LogP contribution in [0, 0.1) is 5.41 Å². The molecule has 2 amide bonds. The van der Waals surface area contributed by atoms with Crippen molar-refractivity contribution < 1.29 is 9.90 Å². The van der Waals surface area contributed by atoms with Crippen LogP contribution in [0.25, 0.3) is 5.69 Å². The van der Waals surface area contributed by atoms with Crippen LogP contribution in [0.5, 0.6) is 0 Å². The molecule has 0 radical (unpaired) electrons. The molecule has 0 aliphatic carbocycles. The fraction of sp³-hybridized carbons (Fsp3) is 0.375. The molecule has 0 aliphatic rings. The quantitative estimate of drug-likeness (QED) is 0.811. The first-order valence-corrected chi connectivity index (χ1v) is 7.19. The van der Waals surface area contributed by atoms with Crippen LogP contribution in [0.3, 0.4) is 0 Å². The molecule has 6 nitrogen and oxygen atoms in total. The summed E-state index contributed by atoms with van der Waals surface area (Å²) in [5.41, 5.74) is 1.20. The topological polar surface area (TPSA) is 79.2 Å². The number of hydrogen-bond acceptors (Lipinski definition) is 3. The van der Waals surface area contributed by atoms with Crippen molar-refractivity contribution in [2.24, 2.45) is 5.41 Å². The molecule has 3 N–H and O–H groups in total. The van der Waals surface area contributed by atoms with Gasteiger partial charge in [-0.15, -0.1) is 0 Å². The van der Waals surface area contributed by atoms with E-state index < -0.39 is 0 Å². The number of carbonyl (C=O) groups excluding carboxylic acids is 1. The van der Waals surface area contributed by atoms with E-state index in [9.17, 15) is 9.90 Å². The number of aliphatic hydroxyl groups is 1. The van der Waals surface area contributed by atoms with E-state index in [1.165, 1.54) is 0 Å². The van der Waals surface area contributed by atoms with Crippen LogP contribution in [0.4, 0.5) is 10.5 Å². The summed E-state index contributed by atoms with van der Waals surface area (Å²) in [4.78, 5) is 12.2. The largest absolute Gasteiger partial charge is 0.394 e. The molecular formula is C16H22N4O2. The van der Waals surface area contributed by atoms with E-state index >= 15 is 0 Å². The van der Waals surface area contributed by atoms with Crippen molar-refractivity contribution in [3.8, 4) is 5.69 Å². The Labute approximate surface area is 130 Å². The summed E-state index contributed by atoms with van der Waals surface area (Å²) in [5.74, 6) is 0. The lowest BCUT2D eigenvalue weighted by Crippen LogP contribution is -2.47. The molecule has 0 saturated heterocycles. The molecule has 1 heterocycles. The number of anilines is 1. The van der Waals surface area contributed by atoms with Gasteiger partial charge in [-0.1, -0.05) is 32.9 Å². The second-order valence-corrected chi connectivity index (χ2v) is 6.17. The Kier molecular flexibility index (Phi) is 4.82. The maximum Gasteiger partial charge on any atom is 0.319 e. The lowest BCUT2D eigenvalue weighted by atomic mass is 9.87. The van der Waals surface area contributed by atoms with E-state index in [0.717, 1.165) is 5.69 Å². The van der Waals surface area contributed by atoms with E-state index in [2.05, 4.69) is 15.7 Å². The summed E-state index contributed by atoms with van der Waals surface area (Å²) in [5, 5.41) is 19.2. The summed E-state index contributed by atoms with van der Waals surface area (Å²) < 4.78 is 1.68. The average molecular weight is 302 g/mol. The molecule has 118 valence electrons. The van der Waals surface area contributed by atoms with Gasteiger partial charge >= 0.3 is 6.03 Å². The predicted octanol–water partition coefficient (Wildman–Crippen LogP) is 2.40. The molecule has 6 heteroatoms. The van der Waals surface area contributed by atoms with Gasteiger partial charge in [-0.25, -0.2) is 9.48 Å². The van der Waals surface area contributed by atoms with Gasteiger partial charge in [0.15, 0.2) is 0 Å². The van der Waals surface area contributed by atoms with Crippen molar-refractivity contribution >= 4 is 11.7 Å². The van der Waals surface area contributed by atoms with Crippen molar-refractivity contribution in [3.05, 3.63) is 42.7 Å². The molecule has 0 unspecified atom stereocenters. The first kappa shape index (κ1) is 16.0. The molecule has 1 aromatic heterocycles. The first-order chi connectivity index (χ1) is 10.4. The molecule has 2 rings (SSSR count). The zero-order valence-corrected chi connectivity index (χ0v) is 13.1. The number of carbonyl (C=O) groups is 1. The van der Waals surface area contributed by atoms with Crippen LogP contribution in [0.2, 0.25) is 0 Å². The van der Waals surface area contributed by atoms with Crippen LogP contribution in [0.1, 0.15) is 20.8 Å². The van der Waals surface area contributed by atoms with Gasteiger partial charge in [-0.3, -0.25) is 0 Å². The monoisotopic (exact) mass is 302 g/mol. The van der Waals surface area contributed by atoms with Crippen LogP contribution in [-0.4, -0.2) is 33.6 Å². The Bertz CT molecular complexity index is 617. The van der Waals surface area contributed by atoms with Crippen molar-refractivity contribution in [2.75, 3.05) is 11.9 Å². The molecule has 0 bridgehead atoms. The second kappa shape index (κ2) is 6.62. The molecule has 1 atom stereocenters. The number of benzene rings is 1. The van der Waals surface area contributed by atoms with Crippen molar-refractivity contribution in [2.45, 2.75) is 26.8 Å². The number of nitrogens with one attached hydrogen (secondary N) is 2. The molecule has 22 heavy (non-hydrogen) atoms. The van der Waals surface area contributed by atoms with E-state index in [0.29, 0.717) is 5.69 Å². The molecular weight excluding hydrogens is 280 g/mol. The normalized spacial score (nSPS) is 12.7. The molecule has 2 aromatic rings. The molecule has 0 aliphatic heterocycles. The number of rotatable bonds is 4. The van der Waals surface area contributed by atoms with Gasteiger partial charge in [0, 0.05) is 12.4 Å². The fourth-order valence-electron chi connectivity index (χ4n) is 2.04. The van der Waals surface area contributed by atoms with Gasteiger partial charge in [0.05, 0.1) is 24.0 Å². The Morgan fingerprint density at radius 3 is 2.64 bits per heavy atom. The molecule has 0 fully saturated rings. The van der Waals surface area contributed by atoms with Gasteiger partial charge in [-0.05, 0) is 23.6 Å². The van der Waals surface area contributed by atoms with Crippen LogP contribution in [-0.2, 0) is 0 Å². The number of amides is 2. The zero-order chi connectivity index (χ0) is 16.2. The maximum atomic E-state index is 12.2. The highest BCUT2D eigenvalue weighted by atomic mass is 16.3. The lowest BCUT2D eigenvalue weighted by molar-refractivity contribution is 0.162. The summed E-state index contributed by atoms with van der Waals surface area (Å²) >= 11 is 0. The van der Waals surface area contributed by atoms with Crippen LogP contribution >= 0.6 is 0 Å². The number of para-hydroxylation sites is 2. The second-order valence-electron chi connectivity index (χ2n) is 6.17. The third kappa shape index (κ3) is 3.85. The van der Waals surface area contributed by atoms with Gasteiger partial charge in [-0.2, -0.15) is 5.10 Å². The minimum Gasteiger partial charge on any atom is -0.394 e. The van der Waals surface area contributed by atoms with Crippen LogP contribution in [0.15, 0.2) is 42.7 Å².